The molecule has 4 heteroatoms. The van der Waals surface area contributed by atoms with Crippen LogP contribution in [-0.4, -0.2) is 37.3 Å². The molecule has 0 fully saturated rings. The lowest BCUT2D eigenvalue weighted by Crippen LogP contribution is -2.21. The minimum Gasteiger partial charge on any atom is -0.493 e. The minimum absolute atomic E-state index is 0.0874. The minimum atomic E-state index is -0.118. The average Bonchev–Trinajstić information content (AvgIpc) is 2.61. The zero-order chi connectivity index (χ0) is 18.4. The number of hydrogen-bond donors (Lipinski definition) is 0. The first-order chi connectivity index (χ1) is 11.9. The van der Waals surface area contributed by atoms with Gasteiger partial charge in [0.2, 0.25) is 0 Å². The Bertz CT molecular complexity index is 789. The number of aryl methyl sites for hydroxylation is 1. The van der Waals surface area contributed by atoms with Crippen LogP contribution in [0.1, 0.15) is 38.8 Å². The van der Waals surface area contributed by atoms with Gasteiger partial charge in [0.25, 0.3) is 5.91 Å². The Hall–Kier alpha value is -2.88. The molecule has 0 spiro atoms. The van der Waals surface area contributed by atoms with E-state index in [-0.39, 0.29) is 11.7 Å². The molecule has 0 saturated heterocycles. The Kier molecular flexibility index (Phi) is 6.12. The van der Waals surface area contributed by atoms with Crippen molar-refractivity contribution in [3.05, 3.63) is 70.8 Å². The van der Waals surface area contributed by atoms with Crippen LogP contribution in [0.25, 0.3) is 6.08 Å². The summed E-state index contributed by atoms with van der Waals surface area (Å²) >= 11 is 0. The van der Waals surface area contributed by atoms with E-state index in [1.807, 2.05) is 32.0 Å². The van der Waals surface area contributed by atoms with Gasteiger partial charge < -0.3 is 9.64 Å². The molecule has 2 rings (SSSR count). The van der Waals surface area contributed by atoms with E-state index in [1.54, 1.807) is 44.4 Å². The molecule has 0 atom stereocenters. The summed E-state index contributed by atoms with van der Waals surface area (Å²) < 4.78 is 5.59. The van der Waals surface area contributed by atoms with Gasteiger partial charge in [-0.1, -0.05) is 23.8 Å². The SMILES string of the molecule is CCOc1ccc(C)cc1C=CC(=O)c1ccc(C(=O)N(C)C)cc1. The number of ether oxygens (including phenoxy) is 1. The van der Waals surface area contributed by atoms with Crippen molar-refractivity contribution in [3.8, 4) is 5.75 Å². The largest absolute Gasteiger partial charge is 0.493 e. The van der Waals surface area contributed by atoms with Crippen molar-refractivity contribution in [3.63, 3.8) is 0 Å². The molecule has 2 aromatic rings. The van der Waals surface area contributed by atoms with Crippen LogP contribution in [-0.2, 0) is 0 Å². The van der Waals surface area contributed by atoms with Crippen LogP contribution < -0.4 is 4.74 Å². The maximum absolute atomic E-state index is 12.4. The molecule has 25 heavy (non-hydrogen) atoms. The van der Waals surface area contributed by atoms with Crippen molar-refractivity contribution < 1.29 is 14.3 Å². The number of carbonyl (C=O) groups excluding carboxylic acids is 2. The molecule has 0 heterocycles. The van der Waals surface area contributed by atoms with Crippen molar-refractivity contribution in [1.29, 1.82) is 0 Å². The third-order valence-electron chi connectivity index (χ3n) is 3.70. The molecule has 0 aromatic heterocycles. The molecule has 0 radical (unpaired) electrons. The number of benzene rings is 2. The van der Waals surface area contributed by atoms with Crippen molar-refractivity contribution in [1.82, 2.24) is 4.90 Å². The Morgan fingerprint density at radius 1 is 1.04 bits per heavy atom. The summed E-state index contributed by atoms with van der Waals surface area (Å²) in [5.41, 5.74) is 3.07. The Labute approximate surface area is 148 Å². The molecule has 1 amide bonds. The maximum atomic E-state index is 12.4. The number of nitrogens with zero attached hydrogens (tertiary/aromatic N) is 1. The smallest absolute Gasteiger partial charge is 0.253 e. The van der Waals surface area contributed by atoms with E-state index in [2.05, 4.69) is 0 Å². The van der Waals surface area contributed by atoms with Gasteiger partial charge in [-0.15, -0.1) is 0 Å². The molecule has 4 nitrogen and oxygen atoms in total. The van der Waals surface area contributed by atoms with E-state index in [0.717, 1.165) is 16.9 Å². The van der Waals surface area contributed by atoms with Gasteiger partial charge in [-0.3, -0.25) is 9.59 Å². The van der Waals surface area contributed by atoms with Crippen LogP contribution in [0.3, 0.4) is 0 Å². The number of allylic oxidation sites excluding steroid dienone is 1. The van der Waals surface area contributed by atoms with Gasteiger partial charge in [-0.25, -0.2) is 0 Å². The molecule has 0 N–H and O–H groups in total. The lowest BCUT2D eigenvalue weighted by atomic mass is 10.1. The van der Waals surface area contributed by atoms with Crippen molar-refractivity contribution in [2.75, 3.05) is 20.7 Å². The number of amides is 1. The molecule has 0 saturated carbocycles. The molecular weight excluding hydrogens is 314 g/mol. The monoisotopic (exact) mass is 337 g/mol. The Balaban J connectivity index is 2.18. The highest BCUT2D eigenvalue weighted by Gasteiger charge is 2.09. The standard InChI is InChI=1S/C21H23NO3/c1-5-25-20-13-6-15(2)14-18(20)11-12-19(23)16-7-9-17(10-8-16)21(24)22(3)4/h6-14H,5H2,1-4H3. The van der Waals surface area contributed by atoms with Gasteiger partial charge in [0.1, 0.15) is 5.75 Å². The van der Waals surface area contributed by atoms with Crippen LogP contribution in [0, 0.1) is 6.92 Å². The summed E-state index contributed by atoms with van der Waals surface area (Å²) in [4.78, 5) is 25.7. The molecule has 0 unspecified atom stereocenters. The van der Waals surface area contributed by atoms with Crippen LogP contribution in [0.2, 0.25) is 0 Å². The van der Waals surface area contributed by atoms with Gasteiger partial charge in [0.15, 0.2) is 5.78 Å². The number of hydrogen-bond acceptors (Lipinski definition) is 3. The quantitative estimate of drug-likeness (QED) is 0.591. The highest BCUT2D eigenvalue weighted by molar-refractivity contribution is 6.07. The van der Waals surface area contributed by atoms with Gasteiger partial charge in [0, 0.05) is 30.8 Å². The molecule has 0 bridgehead atoms. The lowest BCUT2D eigenvalue weighted by Gasteiger charge is -2.10. The molecule has 0 aliphatic heterocycles. The van der Waals surface area contributed by atoms with Crippen LogP contribution >= 0.6 is 0 Å². The van der Waals surface area contributed by atoms with E-state index < -0.39 is 0 Å². The fourth-order valence-corrected chi connectivity index (χ4v) is 2.38. The first kappa shape index (κ1) is 18.5. The summed E-state index contributed by atoms with van der Waals surface area (Å²) in [5, 5.41) is 0. The second-order valence-corrected chi connectivity index (χ2v) is 5.95. The number of carbonyl (C=O) groups is 2. The highest BCUT2D eigenvalue weighted by Crippen LogP contribution is 2.22. The first-order valence-electron chi connectivity index (χ1n) is 8.20. The van der Waals surface area contributed by atoms with Crippen molar-refractivity contribution in [2.24, 2.45) is 0 Å². The molecule has 0 aliphatic rings. The van der Waals surface area contributed by atoms with Gasteiger partial charge in [-0.05, 0) is 50.3 Å². The van der Waals surface area contributed by atoms with E-state index in [9.17, 15) is 9.59 Å². The molecule has 130 valence electrons. The topological polar surface area (TPSA) is 46.6 Å². The highest BCUT2D eigenvalue weighted by atomic mass is 16.5. The van der Waals surface area contributed by atoms with Crippen molar-refractivity contribution >= 4 is 17.8 Å². The van der Waals surface area contributed by atoms with Gasteiger partial charge in [0.05, 0.1) is 6.61 Å². The zero-order valence-electron chi connectivity index (χ0n) is 15.1. The van der Waals surface area contributed by atoms with Gasteiger partial charge in [-0.2, -0.15) is 0 Å². The summed E-state index contributed by atoms with van der Waals surface area (Å²) in [7, 11) is 3.39. The van der Waals surface area contributed by atoms with Crippen LogP contribution in [0.4, 0.5) is 0 Å². The Morgan fingerprint density at radius 3 is 2.28 bits per heavy atom. The third-order valence-corrected chi connectivity index (χ3v) is 3.70. The molecular formula is C21H23NO3. The average molecular weight is 337 g/mol. The summed E-state index contributed by atoms with van der Waals surface area (Å²) in [5.74, 6) is 0.549. The van der Waals surface area contributed by atoms with Crippen LogP contribution in [0.15, 0.2) is 48.5 Å². The predicted molar refractivity (Wildman–Crippen MR) is 100 cm³/mol. The third kappa shape index (κ3) is 4.80. The first-order valence-corrected chi connectivity index (χ1v) is 8.20. The summed E-state index contributed by atoms with van der Waals surface area (Å²) in [6.45, 7) is 4.49. The number of ketones is 1. The fourth-order valence-electron chi connectivity index (χ4n) is 2.38. The lowest BCUT2D eigenvalue weighted by molar-refractivity contribution is 0.0827. The summed E-state index contributed by atoms with van der Waals surface area (Å²) in [6, 6.07) is 12.5. The predicted octanol–water partition coefficient (Wildman–Crippen LogP) is 3.99. The van der Waals surface area contributed by atoms with Gasteiger partial charge >= 0.3 is 0 Å². The molecule has 2 aromatic carbocycles. The maximum Gasteiger partial charge on any atom is 0.253 e. The second-order valence-electron chi connectivity index (χ2n) is 5.95. The summed E-state index contributed by atoms with van der Waals surface area (Å²) in [6.07, 6.45) is 3.29. The fraction of sp³-hybridized carbons (Fsp3) is 0.238. The molecule has 0 aliphatic carbocycles. The Morgan fingerprint density at radius 2 is 1.68 bits per heavy atom. The van der Waals surface area contributed by atoms with Crippen LogP contribution in [0.5, 0.6) is 5.75 Å². The number of rotatable bonds is 6. The van der Waals surface area contributed by atoms with E-state index in [0.29, 0.717) is 17.7 Å². The van der Waals surface area contributed by atoms with E-state index in [4.69, 9.17) is 4.74 Å². The van der Waals surface area contributed by atoms with E-state index in [1.165, 1.54) is 11.0 Å². The van der Waals surface area contributed by atoms with Crippen molar-refractivity contribution in [2.45, 2.75) is 13.8 Å². The second kappa shape index (κ2) is 8.29. The normalized spacial score (nSPS) is 10.7. The zero-order valence-corrected chi connectivity index (χ0v) is 15.1. The van der Waals surface area contributed by atoms with E-state index >= 15 is 0 Å².